The average Bonchev–Trinajstić information content (AvgIpc) is 2.69. The predicted octanol–water partition coefficient (Wildman–Crippen LogP) is 3.27. The second-order valence-corrected chi connectivity index (χ2v) is 8.49. The number of hydrogen-bond donors (Lipinski definition) is 1. The highest BCUT2D eigenvalue weighted by molar-refractivity contribution is 7.89. The third-order valence-corrected chi connectivity index (χ3v) is 6.37. The molecule has 144 valence electrons. The molecule has 0 aromatic heterocycles. The van der Waals surface area contributed by atoms with Gasteiger partial charge in [-0.1, -0.05) is 30.7 Å². The molecular formula is C20H24N2O4S. The number of amides is 1. The average molecular weight is 388 g/mol. The second kappa shape index (κ2) is 8.54. The molecular weight excluding hydrogens is 364 g/mol. The van der Waals surface area contributed by atoms with E-state index in [4.69, 9.17) is 4.74 Å². The topological polar surface area (TPSA) is 75.7 Å². The lowest BCUT2D eigenvalue weighted by molar-refractivity contribution is -0.122. The number of piperidine rings is 1. The highest BCUT2D eigenvalue weighted by atomic mass is 32.2. The Balaban J connectivity index is 1.69. The maximum absolute atomic E-state index is 12.8. The molecule has 1 N–H and O–H groups in total. The molecule has 0 unspecified atom stereocenters. The van der Waals surface area contributed by atoms with E-state index in [2.05, 4.69) is 5.32 Å². The monoisotopic (exact) mass is 388 g/mol. The first-order valence-electron chi connectivity index (χ1n) is 9.09. The summed E-state index contributed by atoms with van der Waals surface area (Å²) in [6.45, 7) is 2.73. The predicted molar refractivity (Wildman–Crippen MR) is 104 cm³/mol. The molecule has 1 aliphatic heterocycles. The van der Waals surface area contributed by atoms with Gasteiger partial charge in [-0.25, -0.2) is 8.42 Å². The van der Waals surface area contributed by atoms with Gasteiger partial charge < -0.3 is 10.1 Å². The lowest BCUT2D eigenvalue weighted by atomic mass is 10.2. The van der Waals surface area contributed by atoms with Gasteiger partial charge in [0, 0.05) is 18.8 Å². The molecule has 2 aromatic carbocycles. The van der Waals surface area contributed by atoms with Crippen molar-refractivity contribution in [2.24, 2.45) is 0 Å². The molecule has 3 rings (SSSR count). The fourth-order valence-electron chi connectivity index (χ4n) is 2.99. The van der Waals surface area contributed by atoms with Crippen molar-refractivity contribution in [2.45, 2.75) is 37.2 Å². The minimum absolute atomic E-state index is 0.193. The number of para-hydroxylation sites is 1. The van der Waals surface area contributed by atoms with E-state index in [9.17, 15) is 13.2 Å². The molecule has 1 atom stereocenters. The van der Waals surface area contributed by atoms with Crippen molar-refractivity contribution in [3.05, 3.63) is 54.6 Å². The van der Waals surface area contributed by atoms with Crippen molar-refractivity contribution in [1.82, 2.24) is 4.31 Å². The van der Waals surface area contributed by atoms with Crippen LogP contribution in [0.15, 0.2) is 59.5 Å². The normalized spacial score (nSPS) is 16.5. The largest absolute Gasteiger partial charge is 0.481 e. The molecule has 0 saturated carbocycles. The zero-order valence-corrected chi connectivity index (χ0v) is 16.1. The highest BCUT2D eigenvalue weighted by Crippen LogP contribution is 2.23. The molecule has 7 heteroatoms. The summed E-state index contributed by atoms with van der Waals surface area (Å²) in [5.74, 6) is 0.257. The summed E-state index contributed by atoms with van der Waals surface area (Å²) in [5.41, 5.74) is 0.432. The number of sulfonamides is 1. The number of carbonyl (C=O) groups is 1. The van der Waals surface area contributed by atoms with E-state index in [0.717, 1.165) is 19.3 Å². The molecule has 1 amide bonds. The van der Waals surface area contributed by atoms with Gasteiger partial charge >= 0.3 is 0 Å². The van der Waals surface area contributed by atoms with Crippen molar-refractivity contribution in [2.75, 3.05) is 18.4 Å². The number of benzene rings is 2. The number of anilines is 1. The van der Waals surface area contributed by atoms with Crippen molar-refractivity contribution >= 4 is 21.6 Å². The SMILES string of the molecule is C[C@H](Oc1ccccc1)C(=O)Nc1cccc(S(=O)(=O)N2CCCCC2)c1. The van der Waals surface area contributed by atoms with Crippen LogP contribution in [0.4, 0.5) is 5.69 Å². The quantitative estimate of drug-likeness (QED) is 0.824. The molecule has 0 aliphatic carbocycles. The number of ether oxygens (including phenoxy) is 1. The minimum atomic E-state index is -3.54. The Bertz CT molecular complexity index is 878. The molecule has 1 aliphatic rings. The number of nitrogens with one attached hydrogen (secondary N) is 1. The summed E-state index contributed by atoms with van der Waals surface area (Å²) in [5, 5.41) is 2.73. The van der Waals surface area contributed by atoms with Crippen LogP contribution in [0.2, 0.25) is 0 Å². The third-order valence-electron chi connectivity index (χ3n) is 4.48. The molecule has 6 nitrogen and oxygen atoms in total. The van der Waals surface area contributed by atoms with Crippen LogP contribution in [-0.2, 0) is 14.8 Å². The fraction of sp³-hybridized carbons (Fsp3) is 0.350. The van der Waals surface area contributed by atoms with E-state index in [0.29, 0.717) is 24.5 Å². The van der Waals surface area contributed by atoms with Gasteiger partial charge in [0.25, 0.3) is 5.91 Å². The van der Waals surface area contributed by atoms with Crippen LogP contribution in [0.1, 0.15) is 26.2 Å². The van der Waals surface area contributed by atoms with Crippen LogP contribution in [0.25, 0.3) is 0 Å². The van der Waals surface area contributed by atoms with Gasteiger partial charge in [-0.3, -0.25) is 4.79 Å². The van der Waals surface area contributed by atoms with Gasteiger partial charge in [0.2, 0.25) is 10.0 Å². The standard InChI is InChI=1S/C20H24N2O4S/c1-16(26-18-10-4-2-5-11-18)20(23)21-17-9-8-12-19(15-17)27(24,25)22-13-6-3-7-14-22/h2,4-5,8-12,15-16H,3,6-7,13-14H2,1H3,(H,21,23)/t16-/m0/s1. The van der Waals surface area contributed by atoms with Crippen LogP contribution in [0.5, 0.6) is 5.75 Å². The van der Waals surface area contributed by atoms with Crippen LogP contribution in [-0.4, -0.2) is 37.8 Å². The Morgan fingerprint density at radius 3 is 2.44 bits per heavy atom. The van der Waals surface area contributed by atoms with Crippen LogP contribution < -0.4 is 10.1 Å². The van der Waals surface area contributed by atoms with E-state index >= 15 is 0 Å². The zero-order chi connectivity index (χ0) is 19.3. The van der Waals surface area contributed by atoms with Crippen LogP contribution >= 0.6 is 0 Å². The molecule has 1 saturated heterocycles. The number of nitrogens with zero attached hydrogens (tertiary/aromatic N) is 1. The second-order valence-electron chi connectivity index (χ2n) is 6.55. The molecule has 2 aromatic rings. The summed E-state index contributed by atoms with van der Waals surface area (Å²) >= 11 is 0. The van der Waals surface area contributed by atoms with Gasteiger partial charge in [-0.2, -0.15) is 4.31 Å². The summed E-state index contributed by atoms with van der Waals surface area (Å²) in [6.07, 6.45) is 2.10. The molecule has 27 heavy (non-hydrogen) atoms. The van der Waals surface area contributed by atoms with Crippen LogP contribution in [0, 0.1) is 0 Å². The third kappa shape index (κ3) is 4.87. The van der Waals surface area contributed by atoms with E-state index in [-0.39, 0.29) is 10.8 Å². The first-order valence-corrected chi connectivity index (χ1v) is 10.5. The van der Waals surface area contributed by atoms with Crippen molar-refractivity contribution in [3.8, 4) is 5.75 Å². The van der Waals surface area contributed by atoms with Crippen molar-refractivity contribution in [3.63, 3.8) is 0 Å². The molecule has 0 spiro atoms. The molecule has 0 radical (unpaired) electrons. The summed E-state index contributed by atoms with van der Waals surface area (Å²) in [7, 11) is -3.54. The lowest BCUT2D eigenvalue weighted by Crippen LogP contribution is -2.35. The minimum Gasteiger partial charge on any atom is -0.481 e. The van der Waals surface area contributed by atoms with Gasteiger partial charge in [0.1, 0.15) is 5.75 Å². The highest BCUT2D eigenvalue weighted by Gasteiger charge is 2.26. The smallest absolute Gasteiger partial charge is 0.265 e. The summed E-state index contributed by atoms with van der Waals surface area (Å²) < 4.78 is 32.7. The number of carbonyl (C=O) groups excluding carboxylic acids is 1. The Morgan fingerprint density at radius 2 is 1.74 bits per heavy atom. The number of rotatable bonds is 6. The van der Waals surface area contributed by atoms with Crippen molar-refractivity contribution < 1.29 is 17.9 Å². The number of hydrogen-bond acceptors (Lipinski definition) is 4. The maximum atomic E-state index is 12.8. The van der Waals surface area contributed by atoms with E-state index in [1.165, 1.54) is 10.4 Å². The van der Waals surface area contributed by atoms with E-state index in [1.54, 1.807) is 37.3 Å². The van der Waals surface area contributed by atoms with Gasteiger partial charge in [-0.15, -0.1) is 0 Å². The Kier molecular flexibility index (Phi) is 6.13. The van der Waals surface area contributed by atoms with Crippen molar-refractivity contribution in [1.29, 1.82) is 0 Å². The zero-order valence-electron chi connectivity index (χ0n) is 15.3. The maximum Gasteiger partial charge on any atom is 0.265 e. The van der Waals surface area contributed by atoms with Gasteiger partial charge in [0.05, 0.1) is 4.90 Å². The first kappa shape index (κ1) is 19.4. The Morgan fingerprint density at radius 1 is 1.04 bits per heavy atom. The first-order chi connectivity index (χ1) is 13.0. The Labute approximate surface area is 160 Å². The lowest BCUT2D eigenvalue weighted by Gasteiger charge is -2.26. The van der Waals surface area contributed by atoms with E-state index < -0.39 is 16.1 Å². The van der Waals surface area contributed by atoms with Crippen LogP contribution in [0.3, 0.4) is 0 Å². The fourth-order valence-corrected chi connectivity index (χ4v) is 4.55. The molecule has 0 bridgehead atoms. The summed E-state index contributed by atoms with van der Waals surface area (Å²) in [4.78, 5) is 12.6. The molecule has 1 fully saturated rings. The van der Waals surface area contributed by atoms with E-state index in [1.807, 2.05) is 18.2 Å². The summed E-state index contributed by atoms with van der Waals surface area (Å²) in [6, 6.07) is 15.4. The Hall–Kier alpha value is -2.38. The molecule has 1 heterocycles. The van der Waals surface area contributed by atoms with Gasteiger partial charge in [0.15, 0.2) is 6.10 Å². The van der Waals surface area contributed by atoms with Gasteiger partial charge in [-0.05, 0) is 50.1 Å².